The standard InChI is InChI=1S/C48H50O28/c1-57-33-13-29(14-34(21-33)58-2)41(49)69-73-45(53)65-11-9-27(25-67-47(55)75-71-43(51)31-17-37(61-5)23-38(18-31)62-6)28(26-68-48(56)76-72-44(52)32-19-39(63-7)24-40(20-32)64-8)10-12-66-46(54)74-70-42(50)30-15-35(59-3)22-36(16-30)60-4/h13-24,27-28H,9-12,25-26H2,1-8H3. The van der Waals surface area contributed by atoms with E-state index in [4.69, 9.17) is 56.8 Å². The van der Waals surface area contributed by atoms with Crippen LogP contribution in [0.4, 0.5) is 19.2 Å². The maximum Gasteiger partial charge on any atom is 0.549 e. The summed E-state index contributed by atoms with van der Waals surface area (Å²) in [6.45, 7) is -2.68. The quantitative estimate of drug-likeness (QED) is 0.0320. The summed E-state index contributed by atoms with van der Waals surface area (Å²) in [6, 6.07) is 15.9. The van der Waals surface area contributed by atoms with Crippen LogP contribution in [0.25, 0.3) is 0 Å². The van der Waals surface area contributed by atoms with E-state index in [0.29, 0.717) is 0 Å². The first kappa shape index (κ1) is 58.8. The van der Waals surface area contributed by atoms with Gasteiger partial charge >= 0.3 is 48.5 Å². The summed E-state index contributed by atoms with van der Waals surface area (Å²) >= 11 is 0. The van der Waals surface area contributed by atoms with E-state index in [1.54, 1.807) is 0 Å². The maximum absolute atomic E-state index is 12.8. The Morgan fingerprint density at radius 2 is 0.487 bits per heavy atom. The normalized spacial score (nSPS) is 11.0. The molecule has 2 atom stereocenters. The Kier molecular flexibility index (Phi) is 23.5. The van der Waals surface area contributed by atoms with Crippen molar-refractivity contribution in [2.75, 3.05) is 83.3 Å². The molecule has 4 aromatic rings. The molecule has 0 saturated carbocycles. The van der Waals surface area contributed by atoms with E-state index < -0.39 is 86.8 Å². The molecule has 0 saturated heterocycles. The summed E-state index contributed by atoms with van der Waals surface area (Å²) < 4.78 is 61.6. The summed E-state index contributed by atoms with van der Waals surface area (Å²) in [5.74, 6) is -5.34. The zero-order chi connectivity index (χ0) is 55.6. The Morgan fingerprint density at radius 3 is 0.684 bits per heavy atom. The molecular weight excluding hydrogens is 1020 g/mol. The van der Waals surface area contributed by atoms with Gasteiger partial charge in [-0.05, 0) is 61.4 Å². The van der Waals surface area contributed by atoms with E-state index in [9.17, 15) is 38.4 Å². The molecule has 76 heavy (non-hydrogen) atoms. The average molecular weight is 1070 g/mol. The minimum absolute atomic E-state index is 0.138. The molecule has 0 heterocycles. The molecule has 410 valence electrons. The van der Waals surface area contributed by atoms with Crippen LogP contribution >= 0.6 is 0 Å². The number of hydrogen-bond acceptors (Lipinski definition) is 28. The lowest BCUT2D eigenvalue weighted by atomic mass is 9.88. The number of rotatable bonds is 23. The second kappa shape index (κ2) is 30.3. The van der Waals surface area contributed by atoms with E-state index in [1.165, 1.54) is 130 Å². The van der Waals surface area contributed by atoms with Crippen LogP contribution in [0.2, 0.25) is 0 Å². The zero-order valence-corrected chi connectivity index (χ0v) is 41.8. The summed E-state index contributed by atoms with van der Waals surface area (Å²) in [5.41, 5.74) is -0.598. The van der Waals surface area contributed by atoms with Gasteiger partial charge in [0.25, 0.3) is 0 Å². The summed E-state index contributed by atoms with van der Waals surface area (Å²) in [5, 5.41) is 0. The molecule has 0 aliphatic heterocycles. The second-order valence-electron chi connectivity index (χ2n) is 14.6. The minimum Gasteiger partial charge on any atom is -0.497 e. The number of carbonyl (C=O) groups is 8. The van der Waals surface area contributed by atoms with Gasteiger partial charge in [0.05, 0.1) is 106 Å². The molecular formula is C48H50O28. The van der Waals surface area contributed by atoms with Crippen molar-refractivity contribution in [3.05, 3.63) is 95.1 Å². The van der Waals surface area contributed by atoms with Gasteiger partial charge in [0, 0.05) is 36.1 Å². The number of hydrogen-bond donors (Lipinski definition) is 0. The van der Waals surface area contributed by atoms with Crippen molar-refractivity contribution in [3.8, 4) is 46.0 Å². The maximum atomic E-state index is 12.8. The molecule has 0 aromatic heterocycles. The van der Waals surface area contributed by atoms with Crippen LogP contribution in [-0.2, 0) is 58.0 Å². The van der Waals surface area contributed by atoms with Gasteiger partial charge in [0.15, 0.2) is 0 Å². The largest absolute Gasteiger partial charge is 0.549 e. The monoisotopic (exact) mass is 1070 g/mol. The molecule has 28 heteroatoms. The highest BCUT2D eigenvalue weighted by Gasteiger charge is 2.29. The third-order valence-electron chi connectivity index (χ3n) is 10.0. The van der Waals surface area contributed by atoms with Crippen LogP contribution in [0.15, 0.2) is 72.8 Å². The number of carbonyl (C=O) groups excluding carboxylic acids is 8. The van der Waals surface area contributed by atoms with Gasteiger partial charge in [-0.3, -0.25) is 0 Å². The topological polar surface area (TPSA) is 321 Å². The fourth-order valence-electron chi connectivity index (χ4n) is 6.12. The van der Waals surface area contributed by atoms with Gasteiger partial charge in [-0.25, -0.2) is 58.3 Å². The van der Waals surface area contributed by atoms with Gasteiger partial charge in [0.2, 0.25) is 0 Å². The lowest BCUT2D eigenvalue weighted by molar-refractivity contribution is -0.208. The smallest absolute Gasteiger partial charge is 0.497 e. The van der Waals surface area contributed by atoms with E-state index in [1.807, 2.05) is 0 Å². The van der Waals surface area contributed by atoms with Crippen LogP contribution in [0.5, 0.6) is 46.0 Å². The van der Waals surface area contributed by atoms with E-state index in [-0.39, 0.29) is 81.1 Å². The fourth-order valence-corrected chi connectivity index (χ4v) is 6.12. The first-order valence-electron chi connectivity index (χ1n) is 21.7. The van der Waals surface area contributed by atoms with Crippen LogP contribution in [0.3, 0.4) is 0 Å². The molecule has 0 radical (unpaired) electrons. The highest BCUT2D eigenvalue weighted by molar-refractivity contribution is 5.92. The third-order valence-corrected chi connectivity index (χ3v) is 10.0. The lowest BCUT2D eigenvalue weighted by Gasteiger charge is -2.25. The molecule has 2 unspecified atom stereocenters. The number of ether oxygens (including phenoxy) is 12. The third kappa shape index (κ3) is 19.0. The van der Waals surface area contributed by atoms with Crippen LogP contribution in [0.1, 0.15) is 54.3 Å². The average Bonchev–Trinajstić information content (AvgIpc) is 3.45. The van der Waals surface area contributed by atoms with Gasteiger partial charge in [0.1, 0.15) is 46.0 Å². The highest BCUT2D eigenvalue weighted by atomic mass is 17.3. The fraction of sp³-hybridized carbons (Fsp3) is 0.333. The molecule has 0 amide bonds. The molecule has 0 aliphatic carbocycles. The Bertz CT molecular complexity index is 2380. The van der Waals surface area contributed by atoms with Crippen LogP contribution in [0, 0.1) is 11.8 Å². The molecule has 4 aromatic carbocycles. The Hall–Kier alpha value is -9.76. The molecule has 0 aliphatic rings. The van der Waals surface area contributed by atoms with Gasteiger partial charge < -0.3 is 56.8 Å². The molecule has 4 rings (SSSR count). The van der Waals surface area contributed by atoms with Crippen molar-refractivity contribution >= 4 is 48.5 Å². The first-order chi connectivity index (χ1) is 36.5. The Balaban J connectivity index is 1.50. The highest BCUT2D eigenvalue weighted by Crippen LogP contribution is 2.28. The molecule has 0 spiro atoms. The first-order valence-corrected chi connectivity index (χ1v) is 21.7. The van der Waals surface area contributed by atoms with E-state index >= 15 is 0 Å². The summed E-state index contributed by atoms with van der Waals surface area (Å²) in [7, 11) is 10.6. The predicted molar refractivity (Wildman–Crippen MR) is 246 cm³/mol. The lowest BCUT2D eigenvalue weighted by Crippen LogP contribution is -2.30. The molecule has 0 bridgehead atoms. The number of benzene rings is 4. The minimum atomic E-state index is -1.59. The molecule has 28 nitrogen and oxygen atoms in total. The van der Waals surface area contributed by atoms with Crippen molar-refractivity contribution in [1.82, 2.24) is 0 Å². The van der Waals surface area contributed by atoms with Gasteiger partial charge in [-0.1, -0.05) is 0 Å². The van der Waals surface area contributed by atoms with Crippen LogP contribution < -0.4 is 37.9 Å². The van der Waals surface area contributed by atoms with Gasteiger partial charge in [-0.2, -0.15) is 19.2 Å². The zero-order valence-electron chi connectivity index (χ0n) is 41.8. The predicted octanol–water partition coefficient (Wildman–Crippen LogP) is 6.77. The van der Waals surface area contributed by atoms with Crippen molar-refractivity contribution in [1.29, 1.82) is 0 Å². The number of methoxy groups -OCH3 is 8. The Morgan fingerprint density at radius 1 is 0.289 bits per heavy atom. The van der Waals surface area contributed by atoms with E-state index in [0.717, 1.165) is 0 Å². The van der Waals surface area contributed by atoms with Gasteiger partial charge in [-0.15, -0.1) is 0 Å². The second-order valence-corrected chi connectivity index (χ2v) is 14.6. The van der Waals surface area contributed by atoms with E-state index in [2.05, 4.69) is 39.1 Å². The summed E-state index contributed by atoms with van der Waals surface area (Å²) in [4.78, 5) is 138. The summed E-state index contributed by atoms with van der Waals surface area (Å²) in [6.07, 6.45) is -6.94. The van der Waals surface area contributed by atoms with Crippen molar-refractivity contribution in [2.45, 2.75) is 12.8 Å². The van der Waals surface area contributed by atoms with Crippen LogP contribution in [-0.4, -0.2) is 132 Å². The van der Waals surface area contributed by atoms with Crippen molar-refractivity contribution in [2.24, 2.45) is 11.8 Å². The Labute approximate surface area is 431 Å². The molecule has 0 fully saturated rings. The SMILES string of the molecule is COc1cc(OC)cc(C(=O)OOC(=O)OCCC(COC(=O)OOC(=O)c2cc(OC)cc(OC)c2)C(CCOC(=O)OOC(=O)c2cc(OC)cc(OC)c2)COC(=O)OOC(=O)c2cc(OC)cc(OC)c2)c1. The van der Waals surface area contributed by atoms with Crippen molar-refractivity contribution in [3.63, 3.8) is 0 Å². The van der Waals surface area contributed by atoms with Crippen molar-refractivity contribution < 1.29 is 134 Å². The molecule has 0 N–H and O–H groups in total.